The first kappa shape index (κ1) is 11.6. The number of ether oxygens (including phenoxy) is 1. The molecule has 0 saturated carbocycles. The summed E-state index contributed by atoms with van der Waals surface area (Å²) in [7, 11) is 0. The molecule has 2 aromatic rings. The number of carbonyl (C=O) groups is 1. The number of pyridine rings is 1. The van der Waals surface area contributed by atoms with Gasteiger partial charge in [0.05, 0.1) is 24.1 Å². The van der Waals surface area contributed by atoms with Gasteiger partial charge in [0.1, 0.15) is 0 Å². The molecule has 2 N–H and O–H groups in total. The first-order chi connectivity index (χ1) is 8.27. The van der Waals surface area contributed by atoms with Crippen molar-refractivity contribution in [3.63, 3.8) is 0 Å². The van der Waals surface area contributed by atoms with Gasteiger partial charge in [-0.3, -0.25) is 4.98 Å². The van der Waals surface area contributed by atoms with E-state index in [9.17, 15) is 4.79 Å². The van der Waals surface area contributed by atoms with Crippen molar-refractivity contribution in [3.8, 4) is 0 Å². The topological polar surface area (TPSA) is 65.2 Å². The zero-order chi connectivity index (χ0) is 12.1. The molecule has 0 aliphatic heterocycles. The number of thiophene rings is 1. The summed E-state index contributed by atoms with van der Waals surface area (Å²) in [4.78, 5) is 16.7. The molecule has 2 aromatic heterocycles. The number of nitrogen functional groups attached to an aromatic ring is 1. The minimum atomic E-state index is -0.401. The van der Waals surface area contributed by atoms with E-state index in [4.69, 9.17) is 10.5 Å². The molecule has 0 aliphatic rings. The number of nitrogens with two attached hydrogens (primary N) is 1. The number of nitrogens with zero attached hydrogens (tertiary/aromatic N) is 1. The van der Waals surface area contributed by atoms with E-state index in [1.807, 2.05) is 17.5 Å². The SMILES string of the molecule is Nc1cnccc1C(=O)OCCc1cccs1. The van der Waals surface area contributed by atoms with Gasteiger partial charge in [-0.05, 0) is 17.5 Å². The van der Waals surface area contributed by atoms with Gasteiger partial charge in [-0.25, -0.2) is 4.79 Å². The molecular formula is C12H12N2O2S. The van der Waals surface area contributed by atoms with Crippen LogP contribution < -0.4 is 5.73 Å². The summed E-state index contributed by atoms with van der Waals surface area (Å²) < 4.78 is 5.14. The molecule has 0 bridgehead atoms. The van der Waals surface area contributed by atoms with E-state index in [1.165, 1.54) is 17.3 Å². The Morgan fingerprint density at radius 2 is 2.35 bits per heavy atom. The van der Waals surface area contributed by atoms with Crippen molar-refractivity contribution in [2.75, 3.05) is 12.3 Å². The maximum absolute atomic E-state index is 11.7. The summed E-state index contributed by atoms with van der Waals surface area (Å²) in [5.41, 5.74) is 6.33. The highest BCUT2D eigenvalue weighted by Gasteiger charge is 2.10. The molecule has 88 valence electrons. The summed E-state index contributed by atoms with van der Waals surface area (Å²) in [6.07, 6.45) is 3.69. The Morgan fingerprint density at radius 3 is 3.06 bits per heavy atom. The molecular weight excluding hydrogens is 236 g/mol. The molecule has 2 heterocycles. The Balaban J connectivity index is 1.88. The largest absolute Gasteiger partial charge is 0.462 e. The summed E-state index contributed by atoms with van der Waals surface area (Å²) >= 11 is 1.65. The minimum Gasteiger partial charge on any atom is -0.462 e. The average Bonchev–Trinajstić information content (AvgIpc) is 2.82. The van der Waals surface area contributed by atoms with Crippen LogP contribution in [0.3, 0.4) is 0 Å². The van der Waals surface area contributed by atoms with Crippen LogP contribution in [-0.4, -0.2) is 17.6 Å². The van der Waals surface area contributed by atoms with Crippen LogP contribution in [0, 0.1) is 0 Å². The number of hydrogen-bond donors (Lipinski definition) is 1. The van der Waals surface area contributed by atoms with Gasteiger partial charge < -0.3 is 10.5 Å². The first-order valence-corrected chi connectivity index (χ1v) is 6.04. The highest BCUT2D eigenvalue weighted by molar-refractivity contribution is 7.09. The predicted octanol–water partition coefficient (Wildman–Crippen LogP) is 2.12. The Morgan fingerprint density at radius 1 is 1.47 bits per heavy atom. The molecule has 0 amide bonds. The van der Waals surface area contributed by atoms with Gasteiger partial charge in [0, 0.05) is 17.5 Å². The summed E-state index contributed by atoms with van der Waals surface area (Å²) in [6, 6.07) is 5.55. The number of aromatic nitrogens is 1. The van der Waals surface area contributed by atoms with E-state index in [2.05, 4.69) is 4.98 Å². The lowest BCUT2D eigenvalue weighted by Crippen LogP contribution is -2.10. The Hall–Kier alpha value is -1.88. The molecule has 0 atom stereocenters. The Bertz CT molecular complexity index is 497. The molecule has 5 heteroatoms. The molecule has 0 aromatic carbocycles. The number of esters is 1. The Labute approximate surface area is 103 Å². The van der Waals surface area contributed by atoms with Crippen LogP contribution in [0.15, 0.2) is 36.0 Å². The number of anilines is 1. The quantitative estimate of drug-likeness (QED) is 0.842. The van der Waals surface area contributed by atoms with Crippen LogP contribution in [0.4, 0.5) is 5.69 Å². The second-order valence-electron chi connectivity index (χ2n) is 3.43. The van der Waals surface area contributed by atoms with E-state index in [-0.39, 0.29) is 0 Å². The second-order valence-corrected chi connectivity index (χ2v) is 4.46. The van der Waals surface area contributed by atoms with Gasteiger partial charge in [0.25, 0.3) is 0 Å². The van der Waals surface area contributed by atoms with Crippen molar-refractivity contribution in [2.45, 2.75) is 6.42 Å². The maximum Gasteiger partial charge on any atom is 0.340 e. The molecule has 0 unspecified atom stereocenters. The average molecular weight is 248 g/mol. The Kier molecular flexibility index (Phi) is 3.72. The van der Waals surface area contributed by atoms with Crippen LogP contribution in [0.5, 0.6) is 0 Å². The van der Waals surface area contributed by atoms with Gasteiger partial charge in [0.15, 0.2) is 0 Å². The fourth-order valence-corrected chi connectivity index (χ4v) is 2.06. The fourth-order valence-electron chi connectivity index (χ4n) is 1.37. The first-order valence-electron chi connectivity index (χ1n) is 5.16. The molecule has 0 radical (unpaired) electrons. The monoisotopic (exact) mass is 248 g/mol. The third-order valence-electron chi connectivity index (χ3n) is 2.23. The molecule has 0 spiro atoms. The van der Waals surface area contributed by atoms with E-state index < -0.39 is 5.97 Å². The van der Waals surface area contributed by atoms with Crippen molar-refractivity contribution < 1.29 is 9.53 Å². The van der Waals surface area contributed by atoms with E-state index in [1.54, 1.807) is 17.4 Å². The molecule has 2 rings (SSSR count). The molecule has 0 aliphatic carbocycles. The molecule has 17 heavy (non-hydrogen) atoms. The van der Waals surface area contributed by atoms with Gasteiger partial charge in [-0.2, -0.15) is 0 Å². The minimum absolute atomic E-state index is 0.341. The van der Waals surface area contributed by atoms with Gasteiger partial charge >= 0.3 is 5.97 Å². The summed E-state index contributed by atoms with van der Waals surface area (Å²) in [5, 5.41) is 2.00. The van der Waals surface area contributed by atoms with Crippen molar-refractivity contribution in [1.82, 2.24) is 4.98 Å². The number of carbonyl (C=O) groups excluding carboxylic acids is 1. The highest BCUT2D eigenvalue weighted by Crippen LogP contribution is 2.12. The van der Waals surface area contributed by atoms with E-state index in [0.717, 1.165) is 6.42 Å². The smallest absolute Gasteiger partial charge is 0.340 e. The third-order valence-corrected chi connectivity index (χ3v) is 3.17. The zero-order valence-corrected chi connectivity index (χ0v) is 9.94. The van der Waals surface area contributed by atoms with Crippen LogP contribution in [0.1, 0.15) is 15.2 Å². The molecule has 0 saturated heterocycles. The number of rotatable bonds is 4. The van der Waals surface area contributed by atoms with Gasteiger partial charge in [-0.15, -0.1) is 11.3 Å². The van der Waals surface area contributed by atoms with Crippen LogP contribution >= 0.6 is 11.3 Å². The van der Waals surface area contributed by atoms with Crippen molar-refractivity contribution in [2.24, 2.45) is 0 Å². The lowest BCUT2D eigenvalue weighted by Gasteiger charge is -2.05. The fraction of sp³-hybridized carbons (Fsp3) is 0.167. The standard InChI is InChI=1S/C12H12N2O2S/c13-11-8-14-5-3-10(11)12(15)16-6-4-9-2-1-7-17-9/h1-3,5,7-8H,4,6,13H2. The van der Waals surface area contributed by atoms with Gasteiger partial charge in [-0.1, -0.05) is 6.07 Å². The molecule has 4 nitrogen and oxygen atoms in total. The normalized spacial score (nSPS) is 10.1. The van der Waals surface area contributed by atoms with Crippen molar-refractivity contribution in [3.05, 3.63) is 46.4 Å². The van der Waals surface area contributed by atoms with Gasteiger partial charge in [0.2, 0.25) is 0 Å². The number of hydrogen-bond acceptors (Lipinski definition) is 5. The van der Waals surface area contributed by atoms with Crippen LogP contribution in [-0.2, 0) is 11.2 Å². The lowest BCUT2D eigenvalue weighted by molar-refractivity contribution is 0.0511. The summed E-state index contributed by atoms with van der Waals surface area (Å²) in [5.74, 6) is -0.401. The molecule has 0 fully saturated rings. The third kappa shape index (κ3) is 3.04. The van der Waals surface area contributed by atoms with Crippen LogP contribution in [0.25, 0.3) is 0 Å². The lowest BCUT2D eigenvalue weighted by atomic mass is 10.2. The van der Waals surface area contributed by atoms with Crippen molar-refractivity contribution in [1.29, 1.82) is 0 Å². The summed E-state index contributed by atoms with van der Waals surface area (Å²) in [6.45, 7) is 0.362. The van der Waals surface area contributed by atoms with Crippen molar-refractivity contribution >= 4 is 23.0 Å². The van der Waals surface area contributed by atoms with Crippen LogP contribution in [0.2, 0.25) is 0 Å². The van der Waals surface area contributed by atoms with E-state index >= 15 is 0 Å². The predicted molar refractivity (Wildman–Crippen MR) is 67.0 cm³/mol. The maximum atomic E-state index is 11.7. The zero-order valence-electron chi connectivity index (χ0n) is 9.13. The van der Waals surface area contributed by atoms with E-state index in [0.29, 0.717) is 17.9 Å². The highest BCUT2D eigenvalue weighted by atomic mass is 32.1. The second kappa shape index (κ2) is 5.45.